The number of nitrogens with zero attached hydrogens (tertiary/aromatic N) is 1. The molecule has 0 radical (unpaired) electrons. The molecule has 0 unspecified atom stereocenters. The van der Waals surface area contributed by atoms with Gasteiger partial charge in [0.05, 0.1) is 19.7 Å². The van der Waals surface area contributed by atoms with Gasteiger partial charge in [0.25, 0.3) is 0 Å². The van der Waals surface area contributed by atoms with Crippen LogP contribution < -0.4 is 15.2 Å². The number of fused-ring (bicyclic) bond motifs is 1. The molecule has 0 fully saturated rings. The lowest BCUT2D eigenvalue weighted by Gasteiger charge is -2.11. The van der Waals surface area contributed by atoms with Crippen molar-refractivity contribution in [3.8, 4) is 11.5 Å². The van der Waals surface area contributed by atoms with Crippen LogP contribution in [-0.2, 0) is 6.42 Å². The maximum Gasteiger partial charge on any atom is 0.162 e. The van der Waals surface area contributed by atoms with Crippen molar-refractivity contribution >= 4 is 10.9 Å². The van der Waals surface area contributed by atoms with Crippen LogP contribution in [0.4, 0.5) is 0 Å². The van der Waals surface area contributed by atoms with E-state index >= 15 is 0 Å². The van der Waals surface area contributed by atoms with Gasteiger partial charge in [-0.25, -0.2) is 0 Å². The minimum Gasteiger partial charge on any atom is -0.493 e. The molecular weight excluding hydrogens is 240 g/mol. The van der Waals surface area contributed by atoms with Crippen molar-refractivity contribution in [2.24, 2.45) is 5.73 Å². The summed E-state index contributed by atoms with van der Waals surface area (Å²) in [4.78, 5) is 4.64. The summed E-state index contributed by atoms with van der Waals surface area (Å²) in [6, 6.07) is 6.04. The van der Waals surface area contributed by atoms with Crippen molar-refractivity contribution in [3.05, 3.63) is 29.5 Å². The highest BCUT2D eigenvalue weighted by Gasteiger charge is 2.09. The van der Waals surface area contributed by atoms with Crippen molar-refractivity contribution in [1.82, 2.24) is 4.98 Å². The standard InChI is InChI=1S/C15H20N2O2/c1-10-11(5-4-6-16)7-12-8-14(18-2)15(19-3)9-13(12)17-10/h7-9H,4-6,16H2,1-3H3. The minimum absolute atomic E-state index is 0.698. The summed E-state index contributed by atoms with van der Waals surface area (Å²) in [5.74, 6) is 1.43. The highest BCUT2D eigenvalue weighted by Crippen LogP contribution is 2.32. The zero-order chi connectivity index (χ0) is 13.8. The normalized spacial score (nSPS) is 10.7. The van der Waals surface area contributed by atoms with E-state index in [0.29, 0.717) is 12.3 Å². The molecule has 1 heterocycles. The molecule has 2 rings (SSSR count). The van der Waals surface area contributed by atoms with Crippen molar-refractivity contribution in [1.29, 1.82) is 0 Å². The van der Waals surface area contributed by atoms with E-state index in [9.17, 15) is 0 Å². The van der Waals surface area contributed by atoms with E-state index in [1.807, 2.05) is 19.1 Å². The highest BCUT2D eigenvalue weighted by atomic mass is 16.5. The number of benzene rings is 1. The van der Waals surface area contributed by atoms with Gasteiger partial charge < -0.3 is 15.2 Å². The number of ether oxygens (including phenoxy) is 2. The molecule has 102 valence electrons. The molecule has 0 spiro atoms. The molecular formula is C15H20N2O2. The second-order valence-electron chi connectivity index (χ2n) is 4.53. The van der Waals surface area contributed by atoms with Crippen LogP contribution in [0.2, 0.25) is 0 Å². The first-order valence-corrected chi connectivity index (χ1v) is 6.42. The second-order valence-corrected chi connectivity index (χ2v) is 4.53. The molecule has 0 amide bonds. The first-order valence-electron chi connectivity index (χ1n) is 6.42. The third-order valence-corrected chi connectivity index (χ3v) is 3.27. The van der Waals surface area contributed by atoms with Crippen molar-refractivity contribution < 1.29 is 9.47 Å². The molecule has 0 saturated heterocycles. The first-order chi connectivity index (χ1) is 9.19. The fraction of sp³-hybridized carbons (Fsp3) is 0.400. The van der Waals surface area contributed by atoms with Crippen molar-refractivity contribution in [2.45, 2.75) is 19.8 Å². The van der Waals surface area contributed by atoms with Crippen LogP contribution in [0.25, 0.3) is 10.9 Å². The van der Waals surface area contributed by atoms with Gasteiger partial charge in [0, 0.05) is 17.1 Å². The smallest absolute Gasteiger partial charge is 0.162 e. The van der Waals surface area contributed by atoms with Gasteiger partial charge in [-0.1, -0.05) is 0 Å². The summed E-state index contributed by atoms with van der Waals surface area (Å²) in [5.41, 5.74) is 8.78. The summed E-state index contributed by atoms with van der Waals surface area (Å²) in [7, 11) is 3.27. The molecule has 0 aliphatic rings. The number of methoxy groups -OCH3 is 2. The Labute approximate surface area is 113 Å². The number of pyridine rings is 1. The van der Waals surface area contributed by atoms with Crippen LogP contribution in [0.1, 0.15) is 17.7 Å². The molecule has 4 nitrogen and oxygen atoms in total. The van der Waals surface area contributed by atoms with E-state index in [4.69, 9.17) is 15.2 Å². The molecule has 0 saturated carbocycles. The number of rotatable bonds is 5. The number of hydrogen-bond donors (Lipinski definition) is 1. The molecule has 0 bridgehead atoms. The summed E-state index contributed by atoms with van der Waals surface area (Å²) < 4.78 is 10.6. The van der Waals surface area contributed by atoms with Crippen LogP contribution in [0.15, 0.2) is 18.2 Å². The van der Waals surface area contributed by atoms with Crippen LogP contribution in [0.3, 0.4) is 0 Å². The number of aromatic nitrogens is 1. The molecule has 0 atom stereocenters. The van der Waals surface area contributed by atoms with Crippen molar-refractivity contribution in [2.75, 3.05) is 20.8 Å². The molecule has 1 aromatic carbocycles. The largest absolute Gasteiger partial charge is 0.493 e. The Morgan fingerprint density at radius 1 is 1.11 bits per heavy atom. The lowest BCUT2D eigenvalue weighted by molar-refractivity contribution is 0.356. The fourth-order valence-electron chi connectivity index (χ4n) is 2.19. The van der Waals surface area contributed by atoms with Gasteiger partial charge in [0.15, 0.2) is 11.5 Å². The Morgan fingerprint density at radius 3 is 2.42 bits per heavy atom. The van der Waals surface area contributed by atoms with Gasteiger partial charge >= 0.3 is 0 Å². The molecule has 19 heavy (non-hydrogen) atoms. The Hall–Kier alpha value is -1.81. The average molecular weight is 260 g/mol. The van der Waals surface area contributed by atoms with Crippen LogP contribution in [0, 0.1) is 6.92 Å². The quantitative estimate of drug-likeness (QED) is 0.897. The molecule has 2 N–H and O–H groups in total. The summed E-state index contributed by atoms with van der Waals surface area (Å²) in [5, 5.41) is 1.07. The van der Waals surface area contributed by atoms with E-state index in [0.717, 1.165) is 35.2 Å². The van der Waals surface area contributed by atoms with E-state index < -0.39 is 0 Å². The fourth-order valence-corrected chi connectivity index (χ4v) is 2.19. The Morgan fingerprint density at radius 2 is 1.79 bits per heavy atom. The predicted octanol–water partition coefficient (Wildman–Crippen LogP) is 2.45. The van der Waals surface area contributed by atoms with E-state index in [2.05, 4.69) is 11.1 Å². The third-order valence-electron chi connectivity index (χ3n) is 3.27. The Balaban J connectivity index is 2.52. The van der Waals surface area contributed by atoms with Gasteiger partial charge in [-0.3, -0.25) is 4.98 Å². The van der Waals surface area contributed by atoms with Gasteiger partial charge in [0.1, 0.15) is 0 Å². The molecule has 4 heteroatoms. The molecule has 2 aromatic rings. The third kappa shape index (κ3) is 2.79. The minimum atomic E-state index is 0.698. The Kier molecular flexibility index (Phi) is 4.22. The lowest BCUT2D eigenvalue weighted by Crippen LogP contribution is -2.02. The Bertz CT molecular complexity index is 582. The van der Waals surface area contributed by atoms with E-state index in [-0.39, 0.29) is 0 Å². The van der Waals surface area contributed by atoms with Gasteiger partial charge in [0.2, 0.25) is 0 Å². The monoisotopic (exact) mass is 260 g/mol. The van der Waals surface area contributed by atoms with Gasteiger partial charge in [-0.05, 0) is 44.0 Å². The predicted molar refractivity (Wildman–Crippen MR) is 77.0 cm³/mol. The van der Waals surface area contributed by atoms with Crippen LogP contribution in [0.5, 0.6) is 11.5 Å². The van der Waals surface area contributed by atoms with E-state index in [1.165, 1.54) is 5.56 Å². The summed E-state index contributed by atoms with van der Waals surface area (Å²) in [6.45, 7) is 2.73. The second kappa shape index (κ2) is 5.89. The molecule has 0 aliphatic heterocycles. The zero-order valence-corrected chi connectivity index (χ0v) is 11.7. The highest BCUT2D eigenvalue weighted by molar-refractivity contribution is 5.83. The zero-order valence-electron chi connectivity index (χ0n) is 11.7. The number of hydrogen-bond acceptors (Lipinski definition) is 4. The number of aryl methyl sites for hydroxylation is 2. The maximum absolute atomic E-state index is 5.57. The van der Waals surface area contributed by atoms with Gasteiger partial charge in [-0.15, -0.1) is 0 Å². The van der Waals surface area contributed by atoms with Crippen molar-refractivity contribution in [3.63, 3.8) is 0 Å². The summed E-state index contributed by atoms with van der Waals surface area (Å²) in [6.07, 6.45) is 1.93. The maximum atomic E-state index is 5.57. The average Bonchev–Trinajstić information content (AvgIpc) is 2.43. The lowest BCUT2D eigenvalue weighted by atomic mass is 10.0. The topological polar surface area (TPSA) is 57.4 Å². The first kappa shape index (κ1) is 13.6. The van der Waals surface area contributed by atoms with Gasteiger partial charge in [-0.2, -0.15) is 0 Å². The summed E-state index contributed by atoms with van der Waals surface area (Å²) >= 11 is 0. The molecule has 0 aliphatic carbocycles. The van der Waals surface area contributed by atoms with Crippen LogP contribution in [-0.4, -0.2) is 25.7 Å². The number of nitrogens with two attached hydrogens (primary N) is 1. The molecule has 1 aromatic heterocycles. The van der Waals surface area contributed by atoms with Crippen LogP contribution >= 0.6 is 0 Å². The van der Waals surface area contributed by atoms with E-state index in [1.54, 1.807) is 14.2 Å². The SMILES string of the molecule is COc1cc2cc(CCCN)c(C)nc2cc1OC.